The molecular weight excluding hydrogens is 214 g/mol. The Morgan fingerprint density at radius 1 is 1.18 bits per heavy atom. The number of ether oxygens (including phenoxy) is 2. The summed E-state index contributed by atoms with van der Waals surface area (Å²) in [4.78, 5) is 2.57. The van der Waals surface area contributed by atoms with Gasteiger partial charge in [0.05, 0.1) is 0 Å². The first-order chi connectivity index (χ1) is 8.17. The van der Waals surface area contributed by atoms with Crippen molar-refractivity contribution >= 4 is 0 Å². The van der Waals surface area contributed by atoms with Crippen LogP contribution in [0.3, 0.4) is 0 Å². The highest BCUT2D eigenvalue weighted by molar-refractivity contribution is 4.76. The fourth-order valence-electron chi connectivity index (χ4n) is 2.65. The van der Waals surface area contributed by atoms with E-state index in [1.54, 1.807) is 0 Å². The van der Waals surface area contributed by atoms with Crippen molar-refractivity contribution in [1.82, 2.24) is 4.90 Å². The highest BCUT2D eigenvalue weighted by atomic mass is 16.7. The first-order valence-corrected chi connectivity index (χ1v) is 7.14. The summed E-state index contributed by atoms with van der Waals surface area (Å²) in [5, 5.41) is 0. The number of likely N-dealkylation sites (tertiary alicyclic amines) is 1. The molecule has 1 heterocycles. The lowest BCUT2D eigenvalue weighted by atomic mass is 9.93. The van der Waals surface area contributed by atoms with Gasteiger partial charge in [-0.05, 0) is 46.1 Å². The zero-order valence-corrected chi connectivity index (χ0v) is 11.9. The largest absolute Gasteiger partial charge is 0.353 e. The molecule has 3 nitrogen and oxygen atoms in total. The predicted octanol–water partition coefficient (Wildman–Crippen LogP) is 2.90. The van der Waals surface area contributed by atoms with Crippen LogP contribution in [0.2, 0.25) is 0 Å². The number of nitrogens with zero attached hydrogens (tertiary/aromatic N) is 1. The van der Waals surface area contributed by atoms with Crippen molar-refractivity contribution < 1.29 is 9.47 Å². The summed E-state index contributed by atoms with van der Waals surface area (Å²) >= 11 is 0. The molecule has 0 amide bonds. The quantitative estimate of drug-likeness (QED) is 0.642. The molecule has 0 aliphatic carbocycles. The highest BCUT2D eigenvalue weighted by Gasteiger charge is 2.23. The lowest BCUT2D eigenvalue weighted by molar-refractivity contribution is -0.143. The van der Waals surface area contributed by atoms with Gasteiger partial charge < -0.3 is 14.4 Å². The van der Waals surface area contributed by atoms with E-state index in [0.717, 1.165) is 32.1 Å². The van der Waals surface area contributed by atoms with E-state index in [1.807, 2.05) is 13.8 Å². The molecule has 0 aromatic rings. The predicted molar refractivity (Wildman–Crippen MR) is 71.1 cm³/mol. The summed E-state index contributed by atoms with van der Waals surface area (Å²) in [5.41, 5.74) is 0. The van der Waals surface area contributed by atoms with Crippen LogP contribution in [-0.4, -0.2) is 43.5 Å². The Bertz CT molecular complexity index is 193. The van der Waals surface area contributed by atoms with Gasteiger partial charge in [-0.15, -0.1) is 0 Å². The second-order valence-electron chi connectivity index (χ2n) is 5.14. The van der Waals surface area contributed by atoms with Gasteiger partial charge in [-0.25, -0.2) is 0 Å². The van der Waals surface area contributed by atoms with Crippen molar-refractivity contribution in [3.8, 4) is 0 Å². The first kappa shape index (κ1) is 14.9. The van der Waals surface area contributed by atoms with Crippen LogP contribution in [0, 0.1) is 5.92 Å². The van der Waals surface area contributed by atoms with Crippen molar-refractivity contribution in [2.24, 2.45) is 5.92 Å². The molecule has 0 radical (unpaired) electrons. The summed E-state index contributed by atoms with van der Waals surface area (Å²) in [5.74, 6) is 0.885. The van der Waals surface area contributed by atoms with Gasteiger partial charge in [-0.3, -0.25) is 0 Å². The summed E-state index contributed by atoms with van der Waals surface area (Å²) in [6.45, 7) is 12.5. The standard InChI is InChI=1S/C14H29NO2/c1-5-16-14(17-6-2)8-10-15-9-7-12(3)11-13(15)4/h12-14H,5-11H2,1-4H3. The molecule has 102 valence electrons. The lowest BCUT2D eigenvalue weighted by Gasteiger charge is -2.37. The molecule has 2 unspecified atom stereocenters. The topological polar surface area (TPSA) is 21.7 Å². The summed E-state index contributed by atoms with van der Waals surface area (Å²) in [7, 11) is 0. The average molecular weight is 243 g/mol. The van der Waals surface area contributed by atoms with Crippen LogP contribution in [0.15, 0.2) is 0 Å². The van der Waals surface area contributed by atoms with E-state index in [2.05, 4.69) is 18.7 Å². The number of rotatable bonds is 7. The Morgan fingerprint density at radius 3 is 2.35 bits per heavy atom. The average Bonchev–Trinajstić information content (AvgIpc) is 2.28. The third-order valence-electron chi connectivity index (χ3n) is 3.63. The van der Waals surface area contributed by atoms with Crippen molar-refractivity contribution in [3.05, 3.63) is 0 Å². The van der Waals surface area contributed by atoms with Gasteiger partial charge in [0, 0.05) is 32.2 Å². The minimum absolute atomic E-state index is 0.0171. The van der Waals surface area contributed by atoms with Crippen LogP contribution < -0.4 is 0 Å². The zero-order valence-electron chi connectivity index (χ0n) is 11.9. The molecule has 0 bridgehead atoms. The molecular formula is C14H29NO2. The van der Waals surface area contributed by atoms with E-state index in [-0.39, 0.29) is 6.29 Å². The molecule has 1 aliphatic rings. The fraction of sp³-hybridized carbons (Fsp3) is 1.00. The molecule has 17 heavy (non-hydrogen) atoms. The van der Waals surface area contributed by atoms with Crippen LogP contribution in [0.5, 0.6) is 0 Å². The molecule has 0 aromatic heterocycles. The van der Waals surface area contributed by atoms with Gasteiger partial charge in [-0.1, -0.05) is 6.92 Å². The van der Waals surface area contributed by atoms with E-state index in [9.17, 15) is 0 Å². The van der Waals surface area contributed by atoms with Crippen LogP contribution in [-0.2, 0) is 9.47 Å². The molecule has 2 atom stereocenters. The van der Waals surface area contributed by atoms with E-state index in [0.29, 0.717) is 6.04 Å². The van der Waals surface area contributed by atoms with Crippen molar-refractivity contribution in [2.75, 3.05) is 26.3 Å². The van der Waals surface area contributed by atoms with Crippen LogP contribution in [0.4, 0.5) is 0 Å². The van der Waals surface area contributed by atoms with Gasteiger partial charge in [0.15, 0.2) is 6.29 Å². The van der Waals surface area contributed by atoms with E-state index in [4.69, 9.17) is 9.47 Å². The van der Waals surface area contributed by atoms with Gasteiger partial charge in [0.2, 0.25) is 0 Å². The van der Waals surface area contributed by atoms with Crippen molar-refractivity contribution in [1.29, 1.82) is 0 Å². The number of hydrogen-bond donors (Lipinski definition) is 0. The summed E-state index contributed by atoms with van der Waals surface area (Å²) in [6.07, 6.45) is 3.63. The van der Waals surface area contributed by atoms with Gasteiger partial charge in [0.1, 0.15) is 0 Å². The summed E-state index contributed by atoms with van der Waals surface area (Å²) < 4.78 is 11.2. The maximum Gasteiger partial charge on any atom is 0.158 e. The molecule has 0 aromatic carbocycles. The van der Waals surface area contributed by atoms with Gasteiger partial charge in [-0.2, -0.15) is 0 Å². The van der Waals surface area contributed by atoms with Crippen molar-refractivity contribution in [3.63, 3.8) is 0 Å². The Labute approximate surface area is 106 Å². The second-order valence-corrected chi connectivity index (χ2v) is 5.14. The second kappa shape index (κ2) is 8.06. The number of piperidine rings is 1. The maximum atomic E-state index is 5.58. The fourth-order valence-corrected chi connectivity index (χ4v) is 2.65. The number of hydrogen-bond acceptors (Lipinski definition) is 3. The minimum atomic E-state index is -0.0171. The zero-order chi connectivity index (χ0) is 12.7. The highest BCUT2D eigenvalue weighted by Crippen LogP contribution is 2.22. The molecule has 1 fully saturated rings. The third kappa shape index (κ3) is 5.36. The monoisotopic (exact) mass is 243 g/mol. The molecule has 0 saturated carbocycles. The van der Waals surface area contributed by atoms with Crippen LogP contribution in [0.25, 0.3) is 0 Å². The molecule has 1 aliphatic heterocycles. The molecule has 0 N–H and O–H groups in total. The third-order valence-corrected chi connectivity index (χ3v) is 3.63. The van der Waals surface area contributed by atoms with E-state index in [1.165, 1.54) is 19.4 Å². The van der Waals surface area contributed by atoms with E-state index >= 15 is 0 Å². The van der Waals surface area contributed by atoms with Crippen molar-refractivity contribution in [2.45, 2.75) is 59.3 Å². The Morgan fingerprint density at radius 2 is 1.82 bits per heavy atom. The van der Waals surface area contributed by atoms with E-state index < -0.39 is 0 Å². The smallest absolute Gasteiger partial charge is 0.158 e. The normalized spacial score (nSPS) is 26.6. The summed E-state index contributed by atoms with van der Waals surface area (Å²) in [6, 6.07) is 0.711. The molecule has 1 saturated heterocycles. The Kier molecular flexibility index (Phi) is 7.09. The molecule has 1 rings (SSSR count). The Hall–Kier alpha value is -0.120. The van der Waals surface area contributed by atoms with Gasteiger partial charge >= 0.3 is 0 Å². The first-order valence-electron chi connectivity index (χ1n) is 7.14. The molecule has 3 heteroatoms. The Balaban J connectivity index is 2.27. The van der Waals surface area contributed by atoms with Gasteiger partial charge in [0.25, 0.3) is 0 Å². The minimum Gasteiger partial charge on any atom is -0.353 e. The van der Waals surface area contributed by atoms with Crippen LogP contribution in [0.1, 0.15) is 47.0 Å². The molecule has 0 spiro atoms. The lowest BCUT2D eigenvalue weighted by Crippen LogP contribution is -2.41. The van der Waals surface area contributed by atoms with Crippen LogP contribution >= 0.6 is 0 Å². The SMILES string of the molecule is CCOC(CCN1CCC(C)CC1C)OCC. The maximum absolute atomic E-state index is 5.58.